The van der Waals surface area contributed by atoms with Crippen LogP contribution in [0.25, 0.3) is 0 Å². The average molecular weight is 460 g/mol. The van der Waals surface area contributed by atoms with E-state index >= 15 is 0 Å². The number of rotatable bonds is 5. The third-order valence-corrected chi connectivity index (χ3v) is 4.62. The van der Waals surface area contributed by atoms with Crippen molar-refractivity contribution in [2.24, 2.45) is 11.5 Å². The first-order valence-corrected chi connectivity index (χ1v) is 6.62. The number of amides is 2. The Labute approximate surface area is 115 Å². The third kappa shape index (κ3) is 4.59. The van der Waals surface area contributed by atoms with Gasteiger partial charge >= 0.3 is 0 Å². The van der Waals surface area contributed by atoms with Crippen molar-refractivity contribution >= 4 is 75.5 Å². The number of carbonyl (C=O) groups excluding carboxylic acids is 2. The Bertz CT molecular complexity index is 228. The van der Waals surface area contributed by atoms with Gasteiger partial charge in [0.15, 0.2) is 6.47 Å². The SMILES string of the molecule is NC(=O)C(Br)(Br)CCC(Br)(Br)C(N)=O. The Morgan fingerprint density at radius 3 is 1.21 bits per heavy atom. The van der Waals surface area contributed by atoms with Crippen LogP contribution in [0.1, 0.15) is 12.8 Å². The van der Waals surface area contributed by atoms with Crippen LogP contribution in [0.15, 0.2) is 0 Å². The molecule has 0 rings (SSSR count). The van der Waals surface area contributed by atoms with E-state index in [-0.39, 0.29) is 0 Å². The number of alkyl halides is 4. The van der Waals surface area contributed by atoms with Gasteiger partial charge in [-0.25, -0.2) is 0 Å². The standard InChI is InChI=1S/C6H8Br4N2O2/c7-5(8,3(11)13)1-2-6(9,10)4(12)14/h1-2H2,(H2,11,13)(H2,12,14). The van der Waals surface area contributed by atoms with Crippen LogP contribution in [-0.4, -0.2) is 18.3 Å². The topological polar surface area (TPSA) is 86.2 Å². The molecule has 0 saturated carbocycles. The van der Waals surface area contributed by atoms with Crippen LogP contribution in [-0.2, 0) is 9.59 Å². The Balaban J connectivity index is 4.32. The molecular weight excluding hydrogens is 452 g/mol. The lowest BCUT2D eigenvalue weighted by Gasteiger charge is -2.21. The van der Waals surface area contributed by atoms with E-state index in [1.807, 2.05) is 0 Å². The summed E-state index contributed by atoms with van der Waals surface area (Å²) in [6.07, 6.45) is 0.615. The van der Waals surface area contributed by atoms with Gasteiger partial charge in [0.2, 0.25) is 11.8 Å². The first kappa shape index (κ1) is 14.9. The highest BCUT2D eigenvalue weighted by Crippen LogP contribution is 2.38. The molecule has 0 aliphatic rings. The van der Waals surface area contributed by atoms with Crippen molar-refractivity contribution in [1.82, 2.24) is 0 Å². The zero-order valence-corrected chi connectivity index (χ0v) is 13.2. The van der Waals surface area contributed by atoms with E-state index in [4.69, 9.17) is 11.5 Å². The van der Waals surface area contributed by atoms with Gasteiger partial charge < -0.3 is 11.5 Å². The molecule has 0 aliphatic carbocycles. The van der Waals surface area contributed by atoms with Crippen molar-refractivity contribution in [3.8, 4) is 0 Å². The van der Waals surface area contributed by atoms with Gasteiger partial charge in [0.05, 0.1) is 0 Å². The highest BCUT2D eigenvalue weighted by Gasteiger charge is 2.36. The van der Waals surface area contributed by atoms with Gasteiger partial charge in [-0.3, -0.25) is 9.59 Å². The molecular formula is C6H8Br4N2O2. The van der Waals surface area contributed by atoms with Crippen LogP contribution in [0.5, 0.6) is 0 Å². The molecule has 0 aromatic carbocycles. The highest BCUT2D eigenvalue weighted by molar-refractivity contribution is 9.26. The Morgan fingerprint density at radius 2 is 1.07 bits per heavy atom. The Morgan fingerprint density at radius 1 is 0.857 bits per heavy atom. The van der Waals surface area contributed by atoms with E-state index in [2.05, 4.69) is 63.7 Å². The lowest BCUT2D eigenvalue weighted by atomic mass is 10.2. The minimum absolute atomic E-state index is 0.307. The molecule has 0 unspecified atom stereocenters. The minimum atomic E-state index is -1.01. The monoisotopic (exact) mass is 456 g/mol. The lowest BCUT2D eigenvalue weighted by Crippen LogP contribution is -2.37. The number of nitrogens with two attached hydrogens (primary N) is 2. The zero-order valence-electron chi connectivity index (χ0n) is 6.90. The molecule has 0 aliphatic heterocycles. The normalized spacial score (nSPS) is 12.6. The van der Waals surface area contributed by atoms with Crippen LogP contribution in [0.2, 0.25) is 0 Å². The molecule has 0 bridgehead atoms. The maximum absolute atomic E-state index is 10.9. The van der Waals surface area contributed by atoms with Crippen molar-refractivity contribution in [3.63, 3.8) is 0 Å². The number of halogens is 4. The second-order valence-electron chi connectivity index (χ2n) is 2.64. The lowest BCUT2D eigenvalue weighted by molar-refractivity contribution is -0.119. The third-order valence-electron chi connectivity index (χ3n) is 1.47. The summed E-state index contributed by atoms with van der Waals surface area (Å²) in [6, 6.07) is 0. The summed E-state index contributed by atoms with van der Waals surface area (Å²) in [5, 5.41) is 0. The van der Waals surface area contributed by atoms with Crippen molar-refractivity contribution in [2.45, 2.75) is 19.3 Å². The van der Waals surface area contributed by atoms with E-state index in [9.17, 15) is 9.59 Å². The van der Waals surface area contributed by atoms with Crippen LogP contribution in [0.3, 0.4) is 0 Å². The highest BCUT2D eigenvalue weighted by atomic mass is 79.9. The van der Waals surface area contributed by atoms with Gasteiger partial charge in [-0.1, -0.05) is 63.7 Å². The number of hydrogen-bond acceptors (Lipinski definition) is 2. The molecule has 0 aromatic heterocycles. The summed E-state index contributed by atoms with van der Waals surface area (Å²) >= 11 is 12.4. The van der Waals surface area contributed by atoms with Crippen molar-refractivity contribution in [2.75, 3.05) is 0 Å². The quantitative estimate of drug-likeness (QED) is 0.613. The van der Waals surface area contributed by atoms with Gasteiger partial charge in [-0.15, -0.1) is 0 Å². The fourth-order valence-electron chi connectivity index (χ4n) is 0.560. The Kier molecular flexibility index (Phi) is 5.59. The van der Waals surface area contributed by atoms with E-state index < -0.39 is 18.3 Å². The molecule has 0 atom stereocenters. The maximum Gasteiger partial charge on any atom is 0.245 e. The average Bonchev–Trinajstić information content (AvgIpc) is 2.01. The minimum Gasteiger partial charge on any atom is -0.368 e. The van der Waals surface area contributed by atoms with Crippen molar-refractivity contribution in [1.29, 1.82) is 0 Å². The van der Waals surface area contributed by atoms with Gasteiger partial charge in [0.25, 0.3) is 0 Å². The summed E-state index contributed by atoms with van der Waals surface area (Å²) in [5.41, 5.74) is 10.2. The van der Waals surface area contributed by atoms with Crippen molar-refractivity contribution < 1.29 is 9.59 Å². The van der Waals surface area contributed by atoms with Crippen LogP contribution in [0.4, 0.5) is 0 Å². The molecule has 0 saturated heterocycles. The fourth-order valence-corrected chi connectivity index (χ4v) is 1.35. The van der Waals surface area contributed by atoms with Gasteiger partial charge in [-0.2, -0.15) is 0 Å². The molecule has 0 aromatic rings. The smallest absolute Gasteiger partial charge is 0.245 e. The zero-order chi connectivity index (χ0) is 11.6. The molecule has 2 amide bonds. The van der Waals surface area contributed by atoms with Crippen molar-refractivity contribution in [3.05, 3.63) is 0 Å². The van der Waals surface area contributed by atoms with Gasteiger partial charge in [0, 0.05) is 0 Å². The molecule has 82 valence electrons. The second kappa shape index (κ2) is 5.27. The Hall–Kier alpha value is 0.860. The van der Waals surface area contributed by atoms with E-state index in [1.54, 1.807) is 0 Å². The maximum atomic E-state index is 10.9. The summed E-state index contributed by atoms with van der Waals surface area (Å²) in [6.45, 7) is 0. The second-order valence-corrected chi connectivity index (χ2v) is 10.2. The van der Waals surface area contributed by atoms with E-state index in [1.165, 1.54) is 0 Å². The summed E-state index contributed by atoms with van der Waals surface area (Å²) < 4.78 is -2.02. The first-order valence-electron chi connectivity index (χ1n) is 3.45. The van der Waals surface area contributed by atoms with Gasteiger partial charge in [0.1, 0.15) is 0 Å². The molecule has 14 heavy (non-hydrogen) atoms. The molecule has 4 nitrogen and oxygen atoms in total. The first-order chi connectivity index (χ1) is 6.09. The van der Waals surface area contributed by atoms with E-state index in [0.717, 1.165) is 0 Å². The summed E-state index contributed by atoms with van der Waals surface area (Å²) in [7, 11) is 0. The molecule has 0 spiro atoms. The predicted octanol–water partition coefficient (Wildman–Crippen LogP) is 1.71. The van der Waals surface area contributed by atoms with Crippen LogP contribution >= 0.6 is 63.7 Å². The van der Waals surface area contributed by atoms with Gasteiger partial charge in [-0.05, 0) is 12.8 Å². The van der Waals surface area contributed by atoms with Crippen LogP contribution < -0.4 is 11.5 Å². The molecule has 0 heterocycles. The largest absolute Gasteiger partial charge is 0.368 e. The van der Waals surface area contributed by atoms with Crippen LogP contribution in [0, 0.1) is 0 Å². The summed E-state index contributed by atoms with van der Waals surface area (Å²) in [5.74, 6) is -1.12. The molecule has 0 radical (unpaired) electrons. The number of hydrogen-bond donors (Lipinski definition) is 2. The fraction of sp³-hybridized carbons (Fsp3) is 0.667. The number of carbonyl (C=O) groups is 2. The molecule has 4 N–H and O–H groups in total. The molecule has 8 heteroatoms. The number of primary amides is 2. The van der Waals surface area contributed by atoms with E-state index in [0.29, 0.717) is 12.8 Å². The molecule has 0 fully saturated rings. The summed E-state index contributed by atoms with van der Waals surface area (Å²) in [4.78, 5) is 21.8. The predicted molar refractivity (Wildman–Crippen MR) is 68.8 cm³/mol.